The number of nitrogens with zero attached hydrogens (tertiary/aromatic N) is 1. The van der Waals surface area contributed by atoms with Gasteiger partial charge in [-0.15, -0.1) is 0 Å². The predicted octanol–water partition coefficient (Wildman–Crippen LogP) is 5.30. The van der Waals surface area contributed by atoms with E-state index in [1.807, 2.05) is 65.6 Å². The standard InChI is InChI=1S/C45H63ClN4O11/c1-34-32-43(49-41-11-9-40(46)10-12-41)42-33-39(8-13-44(42)50(34)36(3)52)37-4-6-38(7-5-37)45(53)48-15-17-55-19-21-57-23-25-59-27-29-61-31-30-60-28-26-58-24-22-56-20-18-54-16-14-47-35(2)51/h4-13,33-34,43,49H,14-32H2,1-3H3,(H,47,51)(H,48,53)/t34-,43+/m0/s1. The Morgan fingerprint density at radius 2 is 1.03 bits per heavy atom. The first kappa shape index (κ1) is 49.5. The maximum Gasteiger partial charge on any atom is 0.251 e. The number of halogens is 1. The third-order valence-electron chi connectivity index (χ3n) is 9.44. The molecule has 1 heterocycles. The van der Waals surface area contributed by atoms with Crippen molar-refractivity contribution in [2.75, 3.05) is 129 Å². The molecule has 0 spiro atoms. The van der Waals surface area contributed by atoms with E-state index in [0.29, 0.717) is 129 Å². The van der Waals surface area contributed by atoms with Crippen molar-refractivity contribution < 1.29 is 52.3 Å². The van der Waals surface area contributed by atoms with Crippen LogP contribution in [0.2, 0.25) is 5.02 Å². The number of carbonyl (C=O) groups is 3. The number of hydrogen-bond donors (Lipinski definition) is 3. The highest BCUT2D eigenvalue weighted by Crippen LogP contribution is 2.41. The zero-order valence-corrected chi connectivity index (χ0v) is 36.5. The molecule has 3 N–H and O–H groups in total. The molecule has 0 aromatic heterocycles. The molecule has 3 aromatic carbocycles. The van der Waals surface area contributed by atoms with Gasteiger partial charge in [0.05, 0.1) is 112 Å². The Balaban J connectivity index is 0.974. The average Bonchev–Trinajstić information content (AvgIpc) is 3.25. The van der Waals surface area contributed by atoms with Crippen LogP contribution in [0.3, 0.4) is 0 Å². The molecule has 0 unspecified atom stereocenters. The molecule has 61 heavy (non-hydrogen) atoms. The summed E-state index contributed by atoms with van der Waals surface area (Å²) in [6.45, 7) is 13.3. The lowest BCUT2D eigenvalue weighted by Gasteiger charge is -2.39. The number of rotatable bonds is 31. The van der Waals surface area contributed by atoms with Crippen LogP contribution >= 0.6 is 11.6 Å². The summed E-state index contributed by atoms with van der Waals surface area (Å²) >= 11 is 6.11. The van der Waals surface area contributed by atoms with Crippen LogP contribution in [0.4, 0.5) is 11.4 Å². The van der Waals surface area contributed by atoms with Crippen LogP contribution < -0.4 is 20.9 Å². The van der Waals surface area contributed by atoms with E-state index in [-0.39, 0.29) is 29.8 Å². The molecule has 0 saturated heterocycles. The third kappa shape index (κ3) is 19.2. The normalized spacial score (nSPS) is 14.7. The van der Waals surface area contributed by atoms with Gasteiger partial charge in [0.15, 0.2) is 0 Å². The lowest BCUT2D eigenvalue weighted by atomic mass is 9.88. The second-order valence-corrected chi connectivity index (χ2v) is 14.6. The fraction of sp³-hybridized carbons (Fsp3) is 0.533. The molecule has 16 heteroatoms. The van der Waals surface area contributed by atoms with Crippen molar-refractivity contribution >= 4 is 40.7 Å². The van der Waals surface area contributed by atoms with Gasteiger partial charge in [0.25, 0.3) is 5.91 Å². The van der Waals surface area contributed by atoms with E-state index in [9.17, 15) is 14.4 Å². The van der Waals surface area contributed by atoms with E-state index in [1.54, 1.807) is 6.92 Å². The van der Waals surface area contributed by atoms with Gasteiger partial charge in [-0.1, -0.05) is 29.8 Å². The summed E-state index contributed by atoms with van der Waals surface area (Å²) in [6, 6.07) is 21.3. The van der Waals surface area contributed by atoms with E-state index in [4.69, 9.17) is 49.5 Å². The first-order chi connectivity index (χ1) is 29.7. The summed E-state index contributed by atoms with van der Waals surface area (Å²) < 4.78 is 43.9. The summed E-state index contributed by atoms with van der Waals surface area (Å²) in [5.41, 5.74) is 5.41. The molecular weight excluding hydrogens is 808 g/mol. The second kappa shape index (κ2) is 29.2. The zero-order chi connectivity index (χ0) is 43.5. The Bertz CT molecular complexity index is 1720. The smallest absolute Gasteiger partial charge is 0.251 e. The van der Waals surface area contributed by atoms with Crippen molar-refractivity contribution in [1.29, 1.82) is 0 Å². The highest BCUT2D eigenvalue weighted by atomic mass is 35.5. The summed E-state index contributed by atoms with van der Waals surface area (Å²) in [6.07, 6.45) is 0.750. The number of amides is 3. The van der Waals surface area contributed by atoms with Crippen LogP contribution in [-0.2, 0) is 47.5 Å². The fourth-order valence-corrected chi connectivity index (χ4v) is 6.63. The SMILES string of the molecule is CC(=O)NCCOCCOCCOCCOCCOCCOCCOCCOCCNC(=O)c1ccc(-c2ccc3c(c2)[C@H](Nc2ccc(Cl)cc2)C[C@H](C)N3C(C)=O)cc1. The summed E-state index contributed by atoms with van der Waals surface area (Å²) in [7, 11) is 0. The van der Waals surface area contributed by atoms with Crippen LogP contribution in [0, 0.1) is 0 Å². The van der Waals surface area contributed by atoms with Crippen molar-refractivity contribution in [2.24, 2.45) is 0 Å². The molecule has 336 valence electrons. The van der Waals surface area contributed by atoms with E-state index < -0.39 is 0 Å². The van der Waals surface area contributed by atoms with Gasteiger partial charge in [0.1, 0.15) is 0 Å². The molecule has 2 atom stereocenters. The summed E-state index contributed by atoms with van der Waals surface area (Å²) in [5.74, 6) is -0.237. The lowest BCUT2D eigenvalue weighted by molar-refractivity contribution is -0.119. The third-order valence-corrected chi connectivity index (χ3v) is 9.69. The van der Waals surface area contributed by atoms with Gasteiger partial charge < -0.3 is 58.7 Å². The van der Waals surface area contributed by atoms with Crippen molar-refractivity contribution in [2.45, 2.75) is 39.3 Å². The van der Waals surface area contributed by atoms with Gasteiger partial charge in [-0.25, -0.2) is 0 Å². The minimum absolute atomic E-state index is 0.00652. The van der Waals surface area contributed by atoms with Gasteiger partial charge in [0.2, 0.25) is 11.8 Å². The van der Waals surface area contributed by atoms with E-state index >= 15 is 0 Å². The minimum atomic E-state index is -0.177. The van der Waals surface area contributed by atoms with E-state index in [1.165, 1.54) is 6.92 Å². The van der Waals surface area contributed by atoms with Gasteiger partial charge in [-0.3, -0.25) is 14.4 Å². The van der Waals surface area contributed by atoms with Gasteiger partial charge >= 0.3 is 0 Å². The Kier molecular flexibility index (Phi) is 23.7. The zero-order valence-electron chi connectivity index (χ0n) is 35.8. The van der Waals surface area contributed by atoms with Crippen molar-refractivity contribution in [3.63, 3.8) is 0 Å². The maximum atomic E-state index is 12.8. The number of benzene rings is 3. The minimum Gasteiger partial charge on any atom is -0.378 e. The van der Waals surface area contributed by atoms with Gasteiger partial charge in [-0.05, 0) is 78.6 Å². The van der Waals surface area contributed by atoms with Crippen molar-refractivity contribution in [3.8, 4) is 11.1 Å². The highest BCUT2D eigenvalue weighted by molar-refractivity contribution is 6.30. The quantitative estimate of drug-likeness (QED) is 0.0716. The summed E-state index contributed by atoms with van der Waals surface area (Å²) in [5, 5.41) is 9.87. The van der Waals surface area contributed by atoms with Crippen LogP contribution in [0.25, 0.3) is 11.1 Å². The second-order valence-electron chi connectivity index (χ2n) is 14.2. The lowest BCUT2D eigenvalue weighted by Crippen LogP contribution is -2.43. The maximum absolute atomic E-state index is 12.8. The Hall–Kier alpha value is -4.16. The average molecular weight is 871 g/mol. The molecule has 0 aliphatic carbocycles. The topological polar surface area (TPSA) is 164 Å². The van der Waals surface area contributed by atoms with Crippen molar-refractivity contribution in [3.05, 3.63) is 82.9 Å². The molecular formula is C45H63ClN4O11. The molecule has 0 radical (unpaired) electrons. The number of carbonyl (C=O) groups excluding carboxylic acids is 3. The highest BCUT2D eigenvalue weighted by Gasteiger charge is 2.32. The molecule has 3 aromatic rings. The summed E-state index contributed by atoms with van der Waals surface area (Å²) in [4.78, 5) is 38.1. The molecule has 0 fully saturated rings. The number of nitrogens with one attached hydrogen (secondary N) is 3. The van der Waals surface area contributed by atoms with Crippen LogP contribution in [0.15, 0.2) is 66.7 Å². The molecule has 15 nitrogen and oxygen atoms in total. The molecule has 0 saturated carbocycles. The fourth-order valence-electron chi connectivity index (χ4n) is 6.50. The number of ether oxygens (including phenoxy) is 8. The number of fused-ring (bicyclic) bond motifs is 1. The first-order valence-electron chi connectivity index (χ1n) is 20.9. The molecule has 3 amide bonds. The number of anilines is 2. The van der Waals surface area contributed by atoms with E-state index in [0.717, 1.165) is 34.5 Å². The van der Waals surface area contributed by atoms with Gasteiger partial charge in [0, 0.05) is 54.9 Å². The predicted molar refractivity (Wildman–Crippen MR) is 235 cm³/mol. The monoisotopic (exact) mass is 870 g/mol. The Morgan fingerprint density at radius 3 is 1.49 bits per heavy atom. The van der Waals surface area contributed by atoms with E-state index in [2.05, 4.69) is 28.9 Å². The van der Waals surface area contributed by atoms with Crippen LogP contribution in [0.1, 0.15) is 49.2 Å². The van der Waals surface area contributed by atoms with Crippen molar-refractivity contribution in [1.82, 2.24) is 10.6 Å². The first-order valence-corrected chi connectivity index (χ1v) is 21.3. The molecule has 4 rings (SSSR count). The largest absolute Gasteiger partial charge is 0.378 e. The molecule has 1 aliphatic rings. The molecule has 1 aliphatic heterocycles. The molecule has 0 bridgehead atoms. The Morgan fingerprint density at radius 1 is 0.590 bits per heavy atom. The Labute approximate surface area is 364 Å². The van der Waals surface area contributed by atoms with Gasteiger partial charge in [-0.2, -0.15) is 0 Å². The number of hydrogen-bond acceptors (Lipinski definition) is 12. The van der Waals surface area contributed by atoms with Crippen LogP contribution in [0.5, 0.6) is 0 Å². The van der Waals surface area contributed by atoms with Crippen LogP contribution in [-0.4, -0.2) is 143 Å².